The number of nitrogens with one attached hydrogen (secondary N) is 1. The molecule has 0 saturated carbocycles. The van der Waals surface area contributed by atoms with Crippen LogP contribution in [-0.2, 0) is 9.63 Å². The lowest BCUT2D eigenvalue weighted by Gasteiger charge is -2.03. The average molecular weight is 186 g/mol. The smallest absolute Gasteiger partial charge is 0.329 e. The molecule has 1 rings (SSSR count). The zero-order chi connectivity index (χ0) is 8.97. The second-order valence-corrected chi connectivity index (χ2v) is 2.64. The first-order valence-electron chi connectivity index (χ1n) is 3.37. The molecule has 0 radical (unpaired) electrons. The molecule has 1 N–H and O–H groups in total. The van der Waals surface area contributed by atoms with E-state index in [4.69, 9.17) is 11.6 Å². The van der Waals surface area contributed by atoms with Gasteiger partial charge in [-0.2, -0.15) is 0 Å². The molecular weight excluding hydrogens is 178 g/mol. The molecule has 0 bridgehead atoms. The summed E-state index contributed by atoms with van der Waals surface area (Å²) in [4.78, 5) is 14.9. The molecule has 0 unspecified atom stereocenters. The van der Waals surface area contributed by atoms with Gasteiger partial charge >= 0.3 is 5.97 Å². The van der Waals surface area contributed by atoms with E-state index in [2.05, 4.69) is 10.3 Å². The first-order chi connectivity index (χ1) is 5.68. The molecule has 12 heavy (non-hydrogen) atoms. The van der Waals surface area contributed by atoms with Gasteiger partial charge in [0.2, 0.25) is 0 Å². The minimum atomic E-state index is -0.384. The Bertz CT molecular complexity index is 271. The Morgan fingerprint density at radius 3 is 2.50 bits per heavy atom. The van der Waals surface area contributed by atoms with Gasteiger partial charge in [0, 0.05) is 11.9 Å². The highest BCUT2D eigenvalue weighted by molar-refractivity contribution is 6.30. The SMILES string of the molecule is CC(=O)ONc1ccc(Cl)cc1. The number of rotatable bonds is 2. The summed E-state index contributed by atoms with van der Waals surface area (Å²) in [5.74, 6) is -0.384. The van der Waals surface area contributed by atoms with Crippen molar-refractivity contribution in [2.24, 2.45) is 0 Å². The lowest BCUT2D eigenvalue weighted by atomic mass is 10.3. The third-order valence-electron chi connectivity index (χ3n) is 1.16. The van der Waals surface area contributed by atoms with Crippen LogP contribution in [0.4, 0.5) is 5.69 Å². The first kappa shape index (κ1) is 8.87. The zero-order valence-electron chi connectivity index (χ0n) is 6.50. The van der Waals surface area contributed by atoms with Crippen molar-refractivity contribution < 1.29 is 9.63 Å². The van der Waals surface area contributed by atoms with Crippen molar-refractivity contribution in [1.29, 1.82) is 0 Å². The van der Waals surface area contributed by atoms with E-state index in [1.807, 2.05) is 0 Å². The standard InChI is InChI=1S/C8H8ClNO2/c1-6(11)12-10-8-4-2-7(9)3-5-8/h2-5,10H,1H3. The number of hydrogen-bond donors (Lipinski definition) is 1. The maximum absolute atomic E-state index is 10.4. The van der Waals surface area contributed by atoms with Crippen LogP contribution in [0.3, 0.4) is 0 Å². The summed E-state index contributed by atoms with van der Waals surface area (Å²) in [6.07, 6.45) is 0. The van der Waals surface area contributed by atoms with Crippen LogP contribution in [0.2, 0.25) is 5.02 Å². The summed E-state index contributed by atoms with van der Waals surface area (Å²) in [5.41, 5.74) is 3.15. The van der Waals surface area contributed by atoms with Gasteiger partial charge in [-0.3, -0.25) is 4.79 Å². The molecule has 0 saturated heterocycles. The molecule has 0 aliphatic heterocycles. The highest BCUT2D eigenvalue weighted by atomic mass is 35.5. The molecule has 4 heteroatoms. The molecule has 0 spiro atoms. The van der Waals surface area contributed by atoms with Crippen LogP contribution in [0, 0.1) is 0 Å². The first-order valence-corrected chi connectivity index (χ1v) is 3.75. The summed E-state index contributed by atoms with van der Waals surface area (Å²) in [6, 6.07) is 6.83. The van der Waals surface area contributed by atoms with E-state index in [9.17, 15) is 4.79 Å². The largest absolute Gasteiger partial charge is 0.344 e. The van der Waals surface area contributed by atoms with Crippen molar-refractivity contribution in [3.63, 3.8) is 0 Å². The fraction of sp³-hybridized carbons (Fsp3) is 0.125. The van der Waals surface area contributed by atoms with Gasteiger partial charge in [-0.25, -0.2) is 5.48 Å². The maximum Gasteiger partial charge on any atom is 0.329 e. The molecule has 1 aromatic rings. The zero-order valence-corrected chi connectivity index (χ0v) is 7.26. The molecule has 0 atom stereocenters. The summed E-state index contributed by atoms with van der Waals surface area (Å²) < 4.78 is 0. The van der Waals surface area contributed by atoms with Crippen LogP contribution in [0.25, 0.3) is 0 Å². The van der Waals surface area contributed by atoms with Crippen molar-refractivity contribution in [2.45, 2.75) is 6.92 Å². The van der Waals surface area contributed by atoms with Gasteiger partial charge in [-0.05, 0) is 24.3 Å². The molecule has 0 amide bonds. The minimum Gasteiger partial charge on any atom is -0.344 e. The molecular formula is C8H8ClNO2. The maximum atomic E-state index is 10.4. The van der Waals surface area contributed by atoms with Gasteiger partial charge in [0.05, 0.1) is 5.69 Å². The van der Waals surface area contributed by atoms with Gasteiger partial charge in [0.25, 0.3) is 0 Å². The molecule has 0 aromatic heterocycles. The molecule has 1 aromatic carbocycles. The Kier molecular flexibility index (Phi) is 2.94. The fourth-order valence-electron chi connectivity index (χ4n) is 0.649. The van der Waals surface area contributed by atoms with E-state index in [0.717, 1.165) is 0 Å². The Morgan fingerprint density at radius 1 is 1.42 bits per heavy atom. The molecule has 3 nitrogen and oxygen atoms in total. The predicted molar refractivity (Wildman–Crippen MR) is 46.8 cm³/mol. The van der Waals surface area contributed by atoms with E-state index in [-0.39, 0.29) is 5.97 Å². The van der Waals surface area contributed by atoms with Crippen molar-refractivity contribution in [2.75, 3.05) is 5.48 Å². The minimum absolute atomic E-state index is 0.384. The lowest BCUT2D eigenvalue weighted by Crippen LogP contribution is -2.05. The highest BCUT2D eigenvalue weighted by Gasteiger charge is 1.93. The number of anilines is 1. The normalized spacial score (nSPS) is 9.17. The third kappa shape index (κ3) is 2.80. The van der Waals surface area contributed by atoms with Gasteiger partial charge in [0.1, 0.15) is 0 Å². The molecule has 0 heterocycles. The van der Waals surface area contributed by atoms with E-state index < -0.39 is 0 Å². The van der Waals surface area contributed by atoms with Gasteiger partial charge < -0.3 is 4.84 Å². The van der Waals surface area contributed by atoms with Crippen molar-refractivity contribution in [3.05, 3.63) is 29.3 Å². The summed E-state index contributed by atoms with van der Waals surface area (Å²) in [7, 11) is 0. The molecule has 0 fully saturated rings. The Labute approximate surface area is 75.2 Å². The number of hydrogen-bond acceptors (Lipinski definition) is 3. The molecule has 0 aliphatic rings. The van der Waals surface area contributed by atoms with Crippen LogP contribution in [0.15, 0.2) is 24.3 Å². The third-order valence-corrected chi connectivity index (χ3v) is 1.41. The topological polar surface area (TPSA) is 38.3 Å². The highest BCUT2D eigenvalue weighted by Crippen LogP contribution is 2.12. The lowest BCUT2D eigenvalue weighted by molar-refractivity contribution is -0.138. The van der Waals surface area contributed by atoms with E-state index in [1.165, 1.54) is 6.92 Å². The van der Waals surface area contributed by atoms with Gasteiger partial charge in [0.15, 0.2) is 0 Å². The van der Waals surface area contributed by atoms with Crippen molar-refractivity contribution in [1.82, 2.24) is 0 Å². The van der Waals surface area contributed by atoms with E-state index in [0.29, 0.717) is 10.7 Å². The molecule has 64 valence electrons. The number of halogens is 1. The summed E-state index contributed by atoms with van der Waals surface area (Å²) >= 11 is 5.64. The van der Waals surface area contributed by atoms with Crippen LogP contribution in [-0.4, -0.2) is 5.97 Å². The number of carbonyl (C=O) groups excluding carboxylic acids is 1. The monoisotopic (exact) mass is 185 g/mol. The van der Waals surface area contributed by atoms with Crippen LogP contribution in [0.1, 0.15) is 6.92 Å². The predicted octanol–water partition coefficient (Wildman–Crippen LogP) is 2.23. The fourth-order valence-corrected chi connectivity index (χ4v) is 0.775. The summed E-state index contributed by atoms with van der Waals surface area (Å²) in [6.45, 7) is 1.32. The Morgan fingerprint density at radius 2 is 2.00 bits per heavy atom. The number of carbonyl (C=O) groups is 1. The molecule has 0 aliphatic carbocycles. The second kappa shape index (κ2) is 3.97. The summed E-state index contributed by atoms with van der Waals surface area (Å²) in [5, 5.41) is 0.642. The van der Waals surface area contributed by atoms with Gasteiger partial charge in [-0.15, -0.1) is 0 Å². The van der Waals surface area contributed by atoms with E-state index in [1.54, 1.807) is 24.3 Å². The van der Waals surface area contributed by atoms with Crippen LogP contribution in [0.5, 0.6) is 0 Å². The van der Waals surface area contributed by atoms with Gasteiger partial charge in [-0.1, -0.05) is 11.6 Å². The average Bonchev–Trinajstić information content (AvgIpc) is 2.03. The van der Waals surface area contributed by atoms with Crippen molar-refractivity contribution >= 4 is 23.3 Å². The Hall–Kier alpha value is -1.22. The van der Waals surface area contributed by atoms with Crippen LogP contribution < -0.4 is 5.48 Å². The number of benzene rings is 1. The quantitative estimate of drug-likeness (QED) is 0.719. The Balaban J connectivity index is 2.53. The second-order valence-electron chi connectivity index (χ2n) is 2.20. The van der Waals surface area contributed by atoms with E-state index >= 15 is 0 Å². The van der Waals surface area contributed by atoms with Crippen LogP contribution >= 0.6 is 11.6 Å². The van der Waals surface area contributed by atoms with Crippen molar-refractivity contribution in [3.8, 4) is 0 Å².